The summed E-state index contributed by atoms with van der Waals surface area (Å²) in [5.74, 6) is 1.03. The normalized spacial score (nSPS) is 10.3. The smallest absolute Gasteiger partial charge is 0.253 e. The van der Waals surface area contributed by atoms with E-state index in [0.717, 1.165) is 5.56 Å². The molecule has 0 bridgehead atoms. The molecule has 0 aliphatic carbocycles. The maximum absolute atomic E-state index is 11.9. The molecule has 2 N–H and O–H groups in total. The molecule has 2 aromatic rings. The van der Waals surface area contributed by atoms with Crippen LogP contribution < -0.4 is 10.5 Å². The SMILES string of the molecule is Cc1ccc(Cl)cc1Oc1ccc(C(=O)N(C)C)cc1N. The molecule has 0 fully saturated rings. The van der Waals surface area contributed by atoms with Gasteiger partial charge in [0.15, 0.2) is 0 Å². The number of carbonyl (C=O) groups is 1. The van der Waals surface area contributed by atoms with E-state index in [1.165, 1.54) is 4.90 Å². The quantitative estimate of drug-likeness (QED) is 0.879. The van der Waals surface area contributed by atoms with Gasteiger partial charge in [0, 0.05) is 24.7 Å². The Morgan fingerprint density at radius 2 is 1.86 bits per heavy atom. The predicted molar refractivity (Wildman–Crippen MR) is 85.1 cm³/mol. The number of rotatable bonds is 3. The van der Waals surface area contributed by atoms with Crippen LogP contribution in [0.1, 0.15) is 15.9 Å². The van der Waals surface area contributed by atoms with Crippen LogP contribution >= 0.6 is 11.6 Å². The van der Waals surface area contributed by atoms with E-state index in [4.69, 9.17) is 22.1 Å². The summed E-state index contributed by atoms with van der Waals surface area (Å²) in [5.41, 5.74) is 7.84. The first-order valence-electron chi connectivity index (χ1n) is 6.43. The second-order valence-electron chi connectivity index (χ2n) is 4.96. The molecule has 0 unspecified atom stereocenters. The van der Waals surface area contributed by atoms with Crippen molar-refractivity contribution in [3.05, 3.63) is 52.5 Å². The molecular formula is C16H17ClN2O2. The third-order valence-corrected chi connectivity index (χ3v) is 3.27. The lowest BCUT2D eigenvalue weighted by atomic mass is 10.1. The van der Waals surface area contributed by atoms with Gasteiger partial charge in [-0.25, -0.2) is 0 Å². The minimum atomic E-state index is -0.104. The molecule has 0 atom stereocenters. The maximum atomic E-state index is 11.9. The highest BCUT2D eigenvalue weighted by Gasteiger charge is 2.11. The summed E-state index contributed by atoms with van der Waals surface area (Å²) < 4.78 is 5.78. The van der Waals surface area contributed by atoms with Crippen LogP contribution in [0.3, 0.4) is 0 Å². The number of anilines is 1. The van der Waals surface area contributed by atoms with E-state index >= 15 is 0 Å². The predicted octanol–water partition coefficient (Wildman–Crippen LogP) is 3.72. The van der Waals surface area contributed by atoms with Crippen molar-refractivity contribution in [3.63, 3.8) is 0 Å². The fourth-order valence-corrected chi connectivity index (χ4v) is 2.00. The third-order valence-electron chi connectivity index (χ3n) is 3.03. The van der Waals surface area contributed by atoms with Crippen molar-refractivity contribution >= 4 is 23.2 Å². The zero-order valence-corrected chi connectivity index (χ0v) is 12.9. The molecule has 0 aromatic heterocycles. The molecule has 0 spiro atoms. The van der Waals surface area contributed by atoms with Gasteiger partial charge in [0.05, 0.1) is 5.69 Å². The summed E-state index contributed by atoms with van der Waals surface area (Å²) >= 11 is 5.96. The van der Waals surface area contributed by atoms with E-state index in [9.17, 15) is 4.79 Å². The molecule has 0 aliphatic rings. The molecule has 4 nitrogen and oxygen atoms in total. The minimum absolute atomic E-state index is 0.104. The van der Waals surface area contributed by atoms with Crippen molar-refractivity contribution in [1.82, 2.24) is 4.90 Å². The standard InChI is InChI=1S/C16H17ClN2O2/c1-10-4-6-12(17)9-15(10)21-14-7-5-11(8-13(14)18)16(20)19(2)3/h4-9H,18H2,1-3H3. The van der Waals surface area contributed by atoms with E-state index < -0.39 is 0 Å². The summed E-state index contributed by atoms with van der Waals surface area (Å²) in [6.45, 7) is 1.92. The van der Waals surface area contributed by atoms with E-state index in [2.05, 4.69) is 0 Å². The lowest BCUT2D eigenvalue weighted by molar-refractivity contribution is 0.0827. The summed E-state index contributed by atoms with van der Waals surface area (Å²) in [6.07, 6.45) is 0. The molecule has 110 valence electrons. The highest BCUT2D eigenvalue weighted by atomic mass is 35.5. The molecule has 0 saturated carbocycles. The van der Waals surface area contributed by atoms with Crippen molar-refractivity contribution in [2.75, 3.05) is 19.8 Å². The molecule has 0 heterocycles. The monoisotopic (exact) mass is 304 g/mol. The fourth-order valence-electron chi connectivity index (χ4n) is 1.83. The van der Waals surface area contributed by atoms with E-state index in [0.29, 0.717) is 27.8 Å². The van der Waals surface area contributed by atoms with Crippen molar-refractivity contribution in [3.8, 4) is 11.5 Å². The second-order valence-corrected chi connectivity index (χ2v) is 5.40. The second kappa shape index (κ2) is 6.06. The minimum Gasteiger partial charge on any atom is -0.455 e. The Hall–Kier alpha value is -2.20. The maximum Gasteiger partial charge on any atom is 0.253 e. The van der Waals surface area contributed by atoms with Crippen molar-refractivity contribution in [2.24, 2.45) is 0 Å². The van der Waals surface area contributed by atoms with Gasteiger partial charge in [-0.3, -0.25) is 4.79 Å². The number of halogens is 1. The zero-order valence-electron chi connectivity index (χ0n) is 12.2. The number of hydrogen-bond acceptors (Lipinski definition) is 3. The first kappa shape index (κ1) is 15.2. The number of hydrogen-bond donors (Lipinski definition) is 1. The average molecular weight is 305 g/mol. The highest BCUT2D eigenvalue weighted by Crippen LogP contribution is 2.32. The Morgan fingerprint density at radius 3 is 2.48 bits per heavy atom. The van der Waals surface area contributed by atoms with Gasteiger partial charge in [0.1, 0.15) is 11.5 Å². The zero-order chi connectivity index (χ0) is 15.6. The van der Waals surface area contributed by atoms with Gasteiger partial charge in [-0.15, -0.1) is 0 Å². The van der Waals surface area contributed by atoms with E-state index in [-0.39, 0.29) is 5.91 Å². The summed E-state index contributed by atoms with van der Waals surface area (Å²) in [4.78, 5) is 13.4. The van der Waals surface area contributed by atoms with E-state index in [1.807, 2.05) is 13.0 Å². The number of ether oxygens (including phenoxy) is 1. The summed E-state index contributed by atoms with van der Waals surface area (Å²) in [6, 6.07) is 10.4. The lowest BCUT2D eigenvalue weighted by Crippen LogP contribution is -2.21. The number of benzene rings is 2. The van der Waals surface area contributed by atoms with Gasteiger partial charge in [-0.1, -0.05) is 17.7 Å². The first-order chi connectivity index (χ1) is 9.88. The van der Waals surface area contributed by atoms with Gasteiger partial charge < -0.3 is 15.4 Å². The van der Waals surface area contributed by atoms with Crippen LogP contribution in [0, 0.1) is 6.92 Å². The Kier molecular flexibility index (Phi) is 4.38. The Bertz CT molecular complexity index is 684. The van der Waals surface area contributed by atoms with Crippen LogP contribution in [0.15, 0.2) is 36.4 Å². The molecule has 0 aliphatic heterocycles. The van der Waals surface area contributed by atoms with Gasteiger partial charge >= 0.3 is 0 Å². The number of nitrogens with two attached hydrogens (primary N) is 1. The van der Waals surface area contributed by atoms with Crippen LogP contribution in [0.25, 0.3) is 0 Å². The van der Waals surface area contributed by atoms with Crippen LogP contribution in [-0.4, -0.2) is 24.9 Å². The van der Waals surface area contributed by atoms with Crippen LogP contribution in [-0.2, 0) is 0 Å². The third kappa shape index (κ3) is 3.47. The van der Waals surface area contributed by atoms with Gasteiger partial charge in [0.25, 0.3) is 5.91 Å². The van der Waals surface area contributed by atoms with Gasteiger partial charge in [-0.05, 0) is 42.8 Å². The van der Waals surface area contributed by atoms with Crippen molar-refractivity contribution < 1.29 is 9.53 Å². The molecule has 5 heteroatoms. The fraction of sp³-hybridized carbons (Fsp3) is 0.188. The molecule has 2 aromatic carbocycles. The van der Waals surface area contributed by atoms with Crippen LogP contribution in [0.4, 0.5) is 5.69 Å². The van der Waals surface area contributed by atoms with Crippen LogP contribution in [0.2, 0.25) is 5.02 Å². The lowest BCUT2D eigenvalue weighted by Gasteiger charge is -2.14. The molecule has 21 heavy (non-hydrogen) atoms. The summed E-state index contributed by atoms with van der Waals surface area (Å²) in [5, 5.41) is 0.591. The first-order valence-corrected chi connectivity index (χ1v) is 6.81. The number of amides is 1. The van der Waals surface area contributed by atoms with Crippen LogP contribution in [0.5, 0.6) is 11.5 Å². The molecule has 2 rings (SSSR count). The highest BCUT2D eigenvalue weighted by molar-refractivity contribution is 6.30. The Balaban J connectivity index is 2.30. The summed E-state index contributed by atoms with van der Waals surface area (Å²) in [7, 11) is 3.39. The van der Waals surface area contributed by atoms with E-state index in [1.54, 1.807) is 44.4 Å². The largest absolute Gasteiger partial charge is 0.455 e. The Labute approximate surface area is 129 Å². The van der Waals surface area contributed by atoms with Crippen molar-refractivity contribution in [1.29, 1.82) is 0 Å². The van der Waals surface area contributed by atoms with Gasteiger partial charge in [-0.2, -0.15) is 0 Å². The number of nitrogen functional groups attached to an aromatic ring is 1. The van der Waals surface area contributed by atoms with Crippen molar-refractivity contribution in [2.45, 2.75) is 6.92 Å². The molecule has 0 saturated heterocycles. The molecule has 0 radical (unpaired) electrons. The molecular weight excluding hydrogens is 288 g/mol. The average Bonchev–Trinajstić information content (AvgIpc) is 2.44. The number of aryl methyl sites for hydroxylation is 1. The number of carbonyl (C=O) groups excluding carboxylic acids is 1. The topological polar surface area (TPSA) is 55.6 Å². The van der Waals surface area contributed by atoms with Gasteiger partial charge in [0.2, 0.25) is 0 Å². The Morgan fingerprint density at radius 1 is 1.14 bits per heavy atom. The molecule has 1 amide bonds. The number of nitrogens with zero attached hydrogens (tertiary/aromatic N) is 1.